The van der Waals surface area contributed by atoms with Gasteiger partial charge >= 0.3 is 0 Å². The van der Waals surface area contributed by atoms with E-state index in [1.807, 2.05) is 43.4 Å². The van der Waals surface area contributed by atoms with Gasteiger partial charge in [-0.3, -0.25) is 4.72 Å². The molecule has 0 bridgehead atoms. The highest BCUT2D eigenvalue weighted by Gasteiger charge is 2.12. The van der Waals surface area contributed by atoms with Gasteiger partial charge in [0, 0.05) is 29.6 Å². The van der Waals surface area contributed by atoms with Crippen LogP contribution in [0.25, 0.3) is 21.8 Å². The van der Waals surface area contributed by atoms with Crippen molar-refractivity contribution in [1.82, 2.24) is 4.98 Å². The number of benzene rings is 3. The summed E-state index contributed by atoms with van der Waals surface area (Å²) in [5.41, 5.74) is 4.70. The number of sulfonamides is 1. The van der Waals surface area contributed by atoms with Crippen molar-refractivity contribution in [3.63, 3.8) is 0 Å². The van der Waals surface area contributed by atoms with Crippen LogP contribution in [-0.2, 0) is 10.0 Å². The molecule has 154 valence electrons. The number of fused-ring (bicyclic) bond motifs is 2. The average molecular weight is 423 g/mol. The first kappa shape index (κ1) is 19.8. The van der Waals surface area contributed by atoms with Crippen LogP contribution in [0, 0.1) is 0 Å². The van der Waals surface area contributed by atoms with E-state index in [4.69, 9.17) is 9.72 Å². The molecule has 4 aromatic rings. The normalized spacial score (nSPS) is 11.4. The third-order valence-corrected chi connectivity index (χ3v) is 5.30. The lowest BCUT2D eigenvalue weighted by atomic mass is 10.1. The summed E-state index contributed by atoms with van der Waals surface area (Å²) >= 11 is 0. The van der Waals surface area contributed by atoms with Crippen molar-refractivity contribution in [2.45, 2.75) is 0 Å². The zero-order valence-corrected chi connectivity index (χ0v) is 17.7. The van der Waals surface area contributed by atoms with Crippen LogP contribution in [0.2, 0.25) is 0 Å². The molecule has 4 rings (SSSR count). The largest absolute Gasteiger partial charge is 0.494 e. The lowest BCUT2D eigenvalue weighted by Crippen LogP contribution is -2.09. The van der Waals surface area contributed by atoms with E-state index in [0.29, 0.717) is 17.1 Å². The number of nitrogens with one attached hydrogen (secondary N) is 3. The molecule has 0 saturated carbocycles. The van der Waals surface area contributed by atoms with E-state index in [1.54, 1.807) is 25.3 Å². The van der Waals surface area contributed by atoms with Crippen LogP contribution in [0.4, 0.5) is 22.7 Å². The predicted molar refractivity (Wildman–Crippen MR) is 124 cm³/mol. The van der Waals surface area contributed by atoms with Gasteiger partial charge in [0.15, 0.2) is 0 Å². The maximum atomic E-state index is 11.5. The van der Waals surface area contributed by atoms with Gasteiger partial charge in [0.1, 0.15) is 5.75 Å². The quantitative estimate of drug-likeness (QED) is 0.395. The molecule has 0 fully saturated rings. The molecule has 1 heterocycles. The summed E-state index contributed by atoms with van der Waals surface area (Å²) in [5.74, 6) is 0.514. The van der Waals surface area contributed by atoms with Crippen molar-refractivity contribution in [1.29, 1.82) is 0 Å². The Labute approximate surface area is 175 Å². The molecule has 0 atom stereocenters. The molecule has 0 aliphatic rings. The molecule has 8 heteroatoms. The zero-order valence-electron chi connectivity index (χ0n) is 16.9. The van der Waals surface area contributed by atoms with Crippen molar-refractivity contribution in [2.75, 3.05) is 35.8 Å². The van der Waals surface area contributed by atoms with Crippen LogP contribution in [0.5, 0.6) is 5.75 Å². The highest BCUT2D eigenvalue weighted by Crippen LogP contribution is 2.36. The summed E-state index contributed by atoms with van der Waals surface area (Å²) < 4.78 is 31.0. The van der Waals surface area contributed by atoms with Crippen LogP contribution >= 0.6 is 0 Å². The number of hydrogen-bond donors (Lipinski definition) is 3. The lowest BCUT2D eigenvalue weighted by Gasteiger charge is -2.16. The number of aromatic nitrogens is 1. The third-order valence-electron chi connectivity index (χ3n) is 4.70. The van der Waals surface area contributed by atoms with Gasteiger partial charge in [0.2, 0.25) is 10.0 Å². The van der Waals surface area contributed by atoms with E-state index in [9.17, 15) is 8.42 Å². The van der Waals surface area contributed by atoms with E-state index in [-0.39, 0.29) is 0 Å². The van der Waals surface area contributed by atoms with Crippen molar-refractivity contribution >= 4 is 54.6 Å². The number of para-hydroxylation sites is 1. The highest BCUT2D eigenvalue weighted by molar-refractivity contribution is 7.92. The van der Waals surface area contributed by atoms with Crippen LogP contribution in [-0.4, -0.2) is 33.8 Å². The van der Waals surface area contributed by atoms with Crippen molar-refractivity contribution < 1.29 is 13.2 Å². The Morgan fingerprint density at radius 3 is 2.43 bits per heavy atom. The summed E-state index contributed by atoms with van der Waals surface area (Å²) in [7, 11) is 0.0279. The first-order valence-electron chi connectivity index (χ1n) is 9.30. The molecule has 3 N–H and O–H groups in total. The van der Waals surface area contributed by atoms with E-state index < -0.39 is 10.0 Å². The first-order chi connectivity index (χ1) is 14.4. The summed E-state index contributed by atoms with van der Waals surface area (Å²) in [4.78, 5) is 4.80. The Kier molecular flexibility index (Phi) is 5.09. The second-order valence-corrected chi connectivity index (χ2v) is 8.68. The van der Waals surface area contributed by atoms with E-state index >= 15 is 0 Å². The number of hydrogen-bond acceptors (Lipinski definition) is 6. The number of nitrogens with zero attached hydrogens (tertiary/aromatic N) is 1. The second-order valence-electron chi connectivity index (χ2n) is 6.94. The summed E-state index contributed by atoms with van der Waals surface area (Å²) in [6.07, 6.45) is 1.11. The minimum Gasteiger partial charge on any atom is -0.494 e. The smallest absolute Gasteiger partial charge is 0.229 e. The number of ether oxygens (including phenoxy) is 1. The highest BCUT2D eigenvalue weighted by atomic mass is 32.2. The molecule has 1 aromatic heterocycles. The molecular weight excluding hydrogens is 400 g/mol. The van der Waals surface area contributed by atoms with Gasteiger partial charge in [-0.15, -0.1) is 0 Å². The fraction of sp³-hybridized carbons (Fsp3) is 0.136. The Hall–Kier alpha value is -3.52. The maximum absolute atomic E-state index is 11.5. The SMILES string of the molecule is CNc1cc(Nc2ccc(NS(C)(=O)=O)cc2OC)c2cc3ccccc3nc2c1. The Morgan fingerprint density at radius 2 is 1.70 bits per heavy atom. The van der Waals surface area contributed by atoms with Crippen LogP contribution < -0.4 is 20.1 Å². The lowest BCUT2D eigenvalue weighted by molar-refractivity contribution is 0.417. The molecule has 0 radical (unpaired) electrons. The second kappa shape index (κ2) is 7.72. The molecule has 3 aromatic carbocycles. The van der Waals surface area contributed by atoms with E-state index in [0.717, 1.165) is 39.4 Å². The first-order valence-corrected chi connectivity index (χ1v) is 11.2. The molecular formula is C22H22N4O3S. The minimum atomic E-state index is -3.38. The van der Waals surface area contributed by atoms with Crippen LogP contribution in [0.3, 0.4) is 0 Å². The molecule has 0 unspecified atom stereocenters. The summed E-state index contributed by atoms with van der Waals surface area (Å²) in [5, 5.41) is 8.59. The molecule has 0 aliphatic heterocycles. The van der Waals surface area contributed by atoms with Crippen molar-refractivity contribution in [3.8, 4) is 5.75 Å². The monoisotopic (exact) mass is 422 g/mol. The van der Waals surface area contributed by atoms with E-state index in [1.165, 1.54) is 0 Å². The van der Waals surface area contributed by atoms with Gasteiger partial charge in [-0.05, 0) is 36.4 Å². The Bertz CT molecular complexity index is 1350. The molecule has 0 spiro atoms. The molecule has 0 amide bonds. The Balaban J connectivity index is 1.82. The van der Waals surface area contributed by atoms with Gasteiger partial charge in [-0.2, -0.15) is 0 Å². The average Bonchev–Trinajstić information content (AvgIpc) is 2.72. The zero-order chi connectivity index (χ0) is 21.3. The number of pyridine rings is 1. The van der Waals surface area contributed by atoms with Gasteiger partial charge in [-0.1, -0.05) is 18.2 Å². The van der Waals surface area contributed by atoms with Gasteiger partial charge in [0.25, 0.3) is 0 Å². The summed E-state index contributed by atoms with van der Waals surface area (Å²) in [6.45, 7) is 0. The van der Waals surface area contributed by atoms with Gasteiger partial charge in [0.05, 0.1) is 41.5 Å². The predicted octanol–water partition coefficient (Wildman–Crippen LogP) is 4.55. The van der Waals surface area contributed by atoms with Crippen molar-refractivity contribution in [3.05, 3.63) is 60.7 Å². The molecule has 0 saturated heterocycles. The topological polar surface area (TPSA) is 92.3 Å². The van der Waals surface area contributed by atoms with Crippen LogP contribution in [0.1, 0.15) is 0 Å². The summed E-state index contributed by atoms with van der Waals surface area (Å²) in [6, 6.07) is 19.2. The molecule has 7 nitrogen and oxygen atoms in total. The molecule has 30 heavy (non-hydrogen) atoms. The van der Waals surface area contributed by atoms with E-state index in [2.05, 4.69) is 21.4 Å². The number of anilines is 4. The number of methoxy groups -OCH3 is 1. The maximum Gasteiger partial charge on any atom is 0.229 e. The minimum absolute atomic E-state index is 0.432. The fourth-order valence-electron chi connectivity index (χ4n) is 3.34. The van der Waals surface area contributed by atoms with Gasteiger partial charge in [-0.25, -0.2) is 13.4 Å². The Morgan fingerprint density at radius 1 is 0.900 bits per heavy atom. The standard InChI is InChI=1S/C22H22N4O3S/c1-23-16-11-20-17(10-14-6-4-5-7-18(14)24-20)21(12-16)25-19-9-8-15(13-22(19)29-2)26-30(3,27)28/h4-13,23,25-26H,1-3H3. The van der Waals surface area contributed by atoms with Crippen LogP contribution in [0.15, 0.2) is 60.7 Å². The molecule has 0 aliphatic carbocycles. The third kappa shape index (κ3) is 4.08. The number of rotatable bonds is 6. The van der Waals surface area contributed by atoms with Crippen molar-refractivity contribution in [2.24, 2.45) is 0 Å². The van der Waals surface area contributed by atoms with Gasteiger partial charge < -0.3 is 15.4 Å². The fourth-order valence-corrected chi connectivity index (χ4v) is 3.90.